The van der Waals surface area contributed by atoms with Gasteiger partial charge in [0.25, 0.3) is 0 Å². The minimum atomic E-state index is 0.222. The molecule has 3 rings (SSSR count). The molecule has 2 N–H and O–H groups in total. The van der Waals surface area contributed by atoms with Crippen molar-refractivity contribution < 1.29 is 9.47 Å². The third kappa shape index (κ3) is 5.36. The van der Waals surface area contributed by atoms with E-state index < -0.39 is 0 Å². The van der Waals surface area contributed by atoms with E-state index in [1.54, 1.807) is 7.11 Å². The van der Waals surface area contributed by atoms with Crippen molar-refractivity contribution >= 4 is 5.96 Å². The van der Waals surface area contributed by atoms with Crippen LogP contribution in [0.25, 0.3) is 0 Å². The fourth-order valence-corrected chi connectivity index (χ4v) is 3.78. The van der Waals surface area contributed by atoms with Gasteiger partial charge >= 0.3 is 0 Å². The zero-order chi connectivity index (χ0) is 19.1. The van der Waals surface area contributed by atoms with Gasteiger partial charge < -0.3 is 20.1 Å². The van der Waals surface area contributed by atoms with Gasteiger partial charge in [-0.05, 0) is 43.6 Å². The SMILES string of the molecule is CN=C(NCC(c1ccc(OC)cc1)N1CCCCC1)NCC1(C)COC1. The molecule has 1 atom stereocenters. The van der Waals surface area contributed by atoms with Gasteiger partial charge in [0.05, 0.1) is 26.4 Å². The molecule has 1 unspecified atom stereocenters. The number of likely N-dealkylation sites (tertiary alicyclic amines) is 1. The largest absolute Gasteiger partial charge is 0.497 e. The average molecular weight is 375 g/mol. The van der Waals surface area contributed by atoms with E-state index in [9.17, 15) is 0 Å². The van der Waals surface area contributed by atoms with Crippen LogP contribution in [0, 0.1) is 5.41 Å². The Bertz CT molecular complexity index is 607. The monoisotopic (exact) mass is 374 g/mol. The van der Waals surface area contributed by atoms with E-state index in [2.05, 4.69) is 51.7 Å². The van der Waals surface area contributed by atoms with E-state index in [0.717, 1.165) is 51.1 Å². The van der Waals surface area contributed by atoms with E-state index in [1.165, 1.54) is 24.8 Å². The summed E-state index contributed by atoms with van der Waals surface area (Å²) in [6.45, 7) is 7.89. The van der Waals surface area contributed by atoms with E-state index in [1.807, 2.05) is 7.05 Å². The quantitative estimate of drug-likeness (QED) is 0.567. The van der Waals surface area contributed by atoms with Crippen molar-refractivity contribution in [3.8, 4) is 5.75 Å². The fourth-order valence-electron chi connectivity index (χ4n) is 3.78. The zero-order valence-electron chi connectivity index (χ0n) is 17.0. The van der Waals surface area contributed by atoms with Crippen LogP contribution in [0.15, 0.2) is 29.3 Å². The number of hydrogen-bond donors (Lipinski definition) is 2. The van der Waals surface area contributed by atoms with Crippen LogP contribution in [-0.2, 0) is 4.74 Å². The van der Waals surface area contributed by atoms with Crippen LogP contribution in [0.3, 0.4) is 0 Å². The summed E-state index contributed by atoms with van der Waals surface area (Å²) in [6, 6.07) is 8.80. The Morgan fingerprint density at radius 1 is 1.19 bits per heavy atom. The Balaban J connectivity index is 1.62. The van der Waals surface area contributed by atoms with Crippen LogP contribution < -0.4 is 15.4 Å². The Labute approximate surface area is 163 Å². The number of benzene rings is 1. The summed E-state index contributed by atoms with van der Waals surface area (Å²) in [4.78, 5) is 6.99. The van der Waals surface area contributed by atoms with Crippen molar-refractivity contribution in [2.45, 2.75) is 32.2 Å². The molecule has 2 heterocycles. The summed E-state index contributed by atoms with van der Waals surface area (Å²) in [5.41, 5.74) is 1.54. The van der Waals surface area contributed by atoms with Crippen LogP contribution in [0.2, 0.25) is 0 Å². The van der Waals surface area contributed by atoms with Gasteiger partial charge in [-0.15, -0.1) is 0 Å². The van der Waals surface area contributed by atoms with Gasteiger partial charge in [0.1, 0.15) is 5.75 Å². The molecule has 0 aromatic heterocycles. The van der Waals surface area contributed by atoms with Crippen LogP contribution in [-0.4, -0.2) is 64.4 Å². The predicted octanol–water partition coefficient (Wildman–Crippen LogP) is 2.42. The van der Waals surface area contributed by atoms with E-state index >= 15 is 0 Å². The molecule has 0 saturated carbocycles. The summed E-state index contributed by atoms with van der Waals surface area (Å²) in [6.07, 6.45) is 3.89. The molecule has 0 bridgehead atoms. The van der Waals surface area contributed by atoms with Crippen LogP contribution in [0.5, 0.6) is 5.75 Å². The number of guanidine groups is 1. The average Bonchev–Trinajstić information content (AvgIpc) is 2.70. The Hall–Kier alpha value is -1.79. The highest BCUT2D eigenvalue weighted by molar-refractivity contribution is 5.79. The first-order valence-corrected chi connectivity index (χ1v) is 10.0. The summed E-state index contributed by atoms with van der Waals surface area (Å²) < 4.78 is 10.7. The molecule has 2 saturated heterocycles. The lowest BCUT2D eigenvalue weighted by molar-refractivity contribution is -0.0971. The summed E-state index contributed by atoms with van der Waals surface area (Å²) in [5, 5.41) is 7.00. The predicted molar refractivity (Wildman–Crippen MR) is 109 cm³/mol. The standard InChI is InChI=1S/C21H34N4O2/c1-21(15-27-16-21)14-24-20(22-2)23-13-19(25-11-5-4-6-12-25)17-7-9-18(26-3)10-8-17/h7-10,19H,4-6,11-16H2,1-3H3,(H2,22,23,24). The van der Waals surface area contributed by atoms with Gasteiger partial charge in [-0.25, -0.2) is 0 Å². The first-order valence-electron chi connectivity index (χ1n) is 10.0. The van der Waals surface area contributed by atoms with Gasteiger partial charge in [-0.2, -0.15) is 0 Å². The molecule has 6 heteroatoms. The number of hydrogen-bond acceptors (Lipinski definition) is 4. The Kier molecular flexibility index (Phi) is 6.96. The summed E-state index contributed by atoms with van der Waals surface area (Å²) in [7, 11) is 3.54. The molecule has 6 nitrogen and oxygen atoms in total. The second kappa shape index (κ2) is 9.42. The lowest BCUT2D eigenvalue weighted by Crippen LogP contribution is -2.52. The molecule has 2 aliphatic heterocycles. The first-order chi connectivity index (χ1) is 13.1. The minimum absolute atomic E-state index is 0.222. The third-order valence-electron chi connectivity index (χ3n) is 5.60. The first kappa shape index (κ1) is 20.0. The Morgan fingerprint density at radius 3 is 2.44 bits per heavy atom. The molecular formula is C21H34N4O2. The van der Waals surface area contributed by atoms with Crippen molar-refractivity contribution in [3.63, 3.8) is 0 Å². The molecule has 0 spiro atoms. The lowest BCUT2D eigenvalue weighted by Gasteiger charge is -2.38. The maximum Gasteiger partial charge on any atom is 0.191 e. The maximum absolute atomic E-state index is 5.34. The van der Waals surface area contributed by atoms with Crippen molar-refractivity contribution in [3.05, 3.63) is 29.8 Å². The molecule has 2 aliphatic rings. The number of rotatable bonds is 7. The van der Waals surface area contributed by atoms with Crippen LogP contribution in [0.1, 0.15) is 37.8 Å². The number of methoxy groups -OCH3 is 1. The molecular weight excluding hydrogens is 340 g/mol. The van der Waals surface area contributed by atoms with E-state index in [0.29, 0.717) is 6.04 Å². The van der Waals surface area contributed by atoms with Crippen LogP contribution in [0.4, 0.5) is 0 Å². The number of nitrogens with one attached hydrogen (secondary N) is 2. The molecule has 1 aromatic rings. The molecule has 1 aromatic carbocycles. The number of nitrogens with zero attached hydrogens (tertiary/aromatic N) is 2. The van der Waals surface area contributed by atoms with Gasteiger partial charge in [-0.1, -0.05) is 25.5 Å². The number of ether oxygens (including phenoxy) is 2. The van der Waals surface area contributed by atoms with Crippen molar-refractivity contribution in [1.29, 1.82) is 0 Å². The van der Waals surface area contributed by atoms with Crippen molar-refractivity contribution in [2.24, 2.45) is 10.4 Å². The fraction of sp³-hybridized carbons (Fsp3) is 0.667. The van der Waals surface area contributed by atoms with Gasteiger partial charge in [0, 0.05) is 25.6 Å². The van der Waals surface area contributed by atoms with Crippen molar-refractivity contribution in [1.82, 2.24) is 15.5 Å². The van der Waals surface area contributed by atoms with Crippen LogP contribution >= 0.6 is 0 Å². The molecule has 27 heavy (non-hydrogen) atoms. The Morgan fingerprint density at radius 2 is 1.89 bits per heavy atom. The highest BCUT2D eigenvalue weighted by atomic mass is 16.5. The molecule has 0 amide bonds. The normalized spacial score (nSPS) is 21.2. The second-order valence-corrected chi connectivity index (χ2v) is 8.00. The molecule has 0 radical (unpaired) electrons. The van der Waals surface area contributed by atoms with E-state index in [-0.39, 0.29) is 5.41 Å². The van der Waals surface area contributed by atoms with E-state index in [4.69, 9.17) is 9.47 Å². The highest BCUT2D eigenvalue weighted by Gasteiger charge is 2.33. The van der Waals surface area contributed by atoms with Gasteiger partial charge in [0.15, 0.2) is 5.96 Å². The second-order valence-electron chi connectivity index (χ2n) is 8.00. The zero-order valence-corrected chi connectivity index (χ0v) is 17.0. The van der Waals surface area contributed by atoms with Gasteiger partial charge in [0.2, 0.25) is 0 Å². The summed E-state index contributed by atoms with van der Waals surface area (Å²) in [5.74, 6) is 1.76. The smallest absolute Gasteiger partial charge is 0.191 e. The van der Waals surface area contributed by atoms with Gasteiger partial charge in [-0.3, -0.25) is 9.89 Å². The number of aliphatic imine (C=N–C) groups is 1. The molecule has 0 aliphatic carbocycles. The topological polar surface area (TPSA) is 58.1 Å². The highest BCUT2D eigenvalue weighted by Crippen LogP contribution is 2.26. The van der Waals surface area contributed by atoms with Crippen molar-refractivity contribution in [2.75, 3.05) is 53.6 Å². The molecule has 2 fully saturated rings. The minimum Gasteiger partial charge on any atom is -0.497 e. The maximum atomic E-state index is 5.34. The summed E-state index contributed by atoms with van der Waals surface area (Å²) >= 11 is 0. The third-order valence-corrected chi connectivity index (χ3v) is 5.60. The lowest BCUT2D eigenvalue weighted by atomic mass is 9.89. The number of piperidine rings is 1. The molecule has 150 valence electrons.